The van der Waals surface area contributed by atoms with E-state index in [-0.39, 0.29) is 0 Å². The van der Waals surface area contributed by atoms with Gasteiger partial charge in [0.2, 0.25) is 0 Å². The first-order chi connectivity index (χ1) is 8.70. The molecule has 2 nitrogen and oxygen atoms in total. The van der Waals surface area contributed by atoms with Crippen LogP contribution in [0, 0.1) is 5.92 Å². The molecule has 2 unspecified atom stereocenters. The Morgan fingerprint density at radius 2 is 2.22 bits per heavy atom. The minimum Gasteiger partial charge on any atom is -0.381 e. The average molecular weight is 288 g/mol. The van der Waals surface area contributed by atoms with E-state index >= 15 is 0 Å². The number of hydrogen-bond donors (Lipinski definition) is 1. The predicted octanol–water partition coefficient (Wildman–Crippen LogP) is 4.07. The lowest BCUT2D eigenvalue weighted by Gasteiger charge is -2.20. The van der Waals surface area contributed by atoms with Gasteiger partial charge in [-0.15, -0.1) is 0 Å². The third-order valence-electron chi connectivity index (χ3n) is 3.43. The molecule has 0 spiro atoms. The minimum atomic E-state index is 0.334. The van der Waals surface area contributed by atoms with Crippen LogP contribution in [-0.4, -0.2) is 19.8 Å². The molecule has 0 bridgehead atoms. The van der Waals surface area contributed by atoms with Crippen LogP contribution in [0.1, 0.15) is 31.4 Å². The molecular weight excluding hydrogens is 269 g/mol. The van der Waals surface area contributed by atoms with Gasteiger partial charge in [-0.25, -0.2) is 0 Å². The average Bonchev–Trinajstić information content (AvgIpc) is 2.87. The first kappa shape index (κ1) is 14.1. The molecule has 0 radical (unpaired) electrons. The Hall–Kier alpha value is -0.280. The first-order valence-electron chi connectivity index (χ1n) is 6.46. The summed E-state index contributed by atoms with van der Waals surface area (Å²) >= 11 is 12.0. The highest BCUT2D eigenvalue weighted by atomic mass is 35.5. The maximum absolute atomic E-state index is 6.06. The number of benzene rings is 1. The standard InChI is InChI=1S/C14H19Cl2NO/c1-2-14(17-8-10-5-6-18-9-10)11-3-4-12(15)13(16)7-11/h3-4,7,10,14,17H,2,5-6,8-9H2,1H3. The second-order valence-corrected chi connectivity index (χ2v) is 5.59. The zero-order chi connectivity index (χ0) is 13.0. The molecule has 2 rings (SSSR count). The van der Waals surface area contributed by atoms with E-state index < -0.39 is 0 Å². The van der Waals surface area contributed by atoms with Crippen molar-refractivity contribution in [1.82, 2.24) is 5.32 Å². The lowest BCUT2D eigenvalue weighted by Crippen LogP contribution is -2.27. The zero-order valence-corrected chi connectivity index (χ0v) is 12.1. The molecule has 1 saturated heterocycles. The summed E-state index contributed by atoms with van der Waals surface area (Å²) in [6.45, 7) is 4.95. The number of ether oxygens (including phenoxy) is 1. The summed E-state index contributed by atoms with van der Waals surface area (Å²) < 4.78 is 5.39. The van der Waals surface area contributed by atoms with Gasteiger partial charge in [0.15, 0.2) is 0 Å². The topological polar surface area (TPSA) is 21.3 Å². The second kappa shape index (κ2) is 6.76. The van der Waals surface area contributed by atoms with E-state index in [4.69, 9.17) is 27.9 Å². The molecule has 0 aromatic heterocycles. The van der Waals surface area contributed by atoms with Gasteiger partial charge in [-0.05, 0) is 36.5 Å². The van der Waals surface area contributed by atoms with E-state index in [1.54, 1.807) is 0 Å². The van der Waals surface area contributed by atoms with Gasteiger partial charge in [0.05, 0.1) is 16.7 Å². The van der Waals surface area contributed by atoms with Crippen molar-refractivity contribution in [2.45, 2.75) is 25.8 Å². The van der Waals surface area contributed by atoms with Crippen molar-refractivity contribution in [3.05, 3.63) is 33.8 Å². The molecule has 1 N–H and O–H groups in total. The Morgan fingerprint density at radius 3 is 2.83 bits per heavy atom. The maximum atomic E-state index is 6.06. The molecular formula is C14H19Cl2NO. The van der Waals surface area contributed by atoms with E-state index in [1.807, 2.05) is 18.2 Å². The van der Waals surface area contributed by atoms with Gasteiger partial charge in [0.1, 0.15) is 0 Å². The Labute approximate surface area is 119 Å². The van der Waals surface area contributed by atoms with Gasteiger partial charge in [-0.1, -0.05) is 36.2 Å². The molecule has 18 heavy (non-hydrogen) atoms. The largest absolute Gasteiger partial charge is 0.381 e. The third kappa shape index (κ3) is 3.61. The van der Waals surface area contributed by atoms with Crippen molar-refractivity contribution in [1.29, 1.82) is 0 Å². The molecule has 0 saturated carbocycles. The van der Waals surface area contributed by atoms with Crippen molar-refractivity contribution in [3.63, 3.8) is 0 Å². The van der Waals surface area contributed by atoms with Crippen LogP contribution in [0.4, 0.5) is 0 Å². The molecule has 1 aliphatic rings. The molecule has 2 atom stereocenters. The van der Waals surface area contributed by atoms with Crippen LogP contribution in [0.15, 0.2) is 18.2 Å². The number of halogens is 2. The number of rotatable bonds is 5. The molecule has 1 aromatic carbocycles. The van der Waals surface area contributed by atoms with Crippen molar-refractivity contribution in [2.24, 2.45) is 5.92 Å². The van der Waals surface area contributed by atoms with Gasteiger partial charge in [0, 0.05) is 19.2 Å². The molecule has 0 amide bonds. The van der Waals surface area contributed by atoms with Gasteiger partial charge < -0.3 is 10.1 Å². The maximum Gasteiger partial charge on any atom is 0.0595 e. The van der Waals surface area contributed by atoms with Crippen LogP contribution in [0.3, 0.4) is 0 Å². The van der Waals surface area contributed by atoms with Gasteiger partial charge in [-0.2, -0.15) is 0 Å². The first-order valence-corrected chi connectivity index (χ1v) is 7.22. The molecule has 0 aliphatic carbocycles. The highest BCUT2D eigenvalue weighted by molar-refractivity contribution is 6.42. The monoisotopic (exact) mass is 287 g/mol. The second-order valence-electron chi connectivity index (χ2n) is 4.77. The summed E-state index contributed by atoms with van der Waals surface area (Å²) in [5, 5.41) is 4.83. The van der Waals surface area contributed by atoms with Crippen molar-refractivity contribution in [3.8, 4) is 0 Å². The molecule has 1 fully saturated rings. The Balaban J connectivity index is 1.96. The van der Waals surface area contributed by atoms with Gasteiger partial charge >= 0.3 is 0 Å². The van der Waals surface area contributed by atoms with E-state index in [9.17, 15) is 0 Å². The van der Waals surface area contributed by atoms with Gasteiger partial charge in [0.25, 0.3) is 0 Å². The molecule has 1 heterocycles. The smallest absolute Gasteiger partial charge is 0.0595 e. The normalized spacial score (nSPS) is 21.2. The van der Waals surface area contributed by atoms with Crippen LogP contribution in [-0.2, 0) is 4.74 Å². The Kier molecular flexibility index (Phi) is 5.31. The zero-order valence-electron chi connectivity index (χ0n) is 10.6. The quantitative estimate of drug-likeness (QED) is 0.881. The summed E-state index contributed by atoms with van der Waals surface area (Å²) in [5.41, 5.74) is 1.20. The number of hydrogen-bond acceptors (Lipinski definition) is 2. The van der Waals surface area contributed by atoms with Gasteiger partial charge in [-0.3, -0.25) is 0 Å². The molecule has 1 aliphatic heterocycles. The highest BCUT2D eigenvalue weighted by Crippen LogP contribution is 2.27. The Morgan fingerprint density at radius 1 is 1.39 bits per heavy atom. The molecule has 4 heteroatoms. The van der Waals surface area contributed by atoms with E-state index in [2.05, 4.69) is 12.2 Å². The third-order valence-corrected chi connectivity index (χ3v) is 4.17. The summed E-state index contributed by atoms with van der Waals surface area (Å²) in [7, 11) is 0. The van der Waals surface area contributed by atoms with E-state index in [0.717, 1.165) is 32.6 Å². The summed E-state index contributed by atoms with van der Waals surface area (Å²) in [4.78, 5) is 0. The van der Waals surface area contributed by atoms with Crippen LogP contribution in [0.2, 0.25) is 10.0 Å². The number of nitrogens with one attached hydrogen (secondary N) is 1. The predicted molar refractivity (Wildman–Crippen MR) is 76.4 cm³/mol. The molecule has 100 valence electrons. The lowest BCUT2D eigenvalue weighted by atomic mass is 10.0. The Bertz CT molecular complexity index is 391. The SMILES string of the molecule is CCC(NCC1CCOC1)c1ccc(Cl)c(Cl)c1. The van der Waals surface area contributed by atoms with Crippen molar-refractivity contribution in [2.75, 3.05) is 19.8 Å². The van der Waals surface area contributed by atoms with Crippen LogP contribution < -0.4 is 5.32 Å². The lowest BCUT2D eigenvalue weighted by molar-refractivity contribution is 0.184. The highest BCUT2D eigenvalue weighted by Gasteiger charge is 2.17. The van der Waals surface area contributed by atoms with Crippen LogP contribution in [0.25, 0.3) is 0 Å². The van der Waals surface area contributed by atoms with E-state index in [1.165, 1.54) is 5.56 Å². The van der Waals surface area contributed by atoms with Crippen molar-refractivity contribution >= 4 is 23.2 Å². The fourth-order valence-electron chi connectivity index (χ4n) is 2.28. The summed E-state index contributed by atoms with van der Waals surface area (Å²) in [6, 6.07) is 6.19. The fourth-order valence-corrected chi connectivity index (χ4v) is 2.59. The van der Waals surface area contributed by atoms with Crippen LogP contribution in [0.5, 0.6) is 0 Å². The minimum absolute atomic E-state index is 0.334. The summed E-state index contributed by atoms with van der Waals surface area (Å²) in [5.74, 6) is 0.641. The van der Waals surface area contributed by atoms with Crippen molar-refractivity contribution < 1.29 is 4.74 Å². The van der Waals surface area contributed by atoms with E-state index in [0.29, 0.717) is 22.0 Å². The van der Waals surface area contributed by atoms with Crippen LogP contribution >= 0.6 is 23.2 Å². The fraction of sp³-hybridized carbons (Fsp3) is 0.571. The molecule has 1 aromatic rings. The summed E-state index contributed by atoms with van der Waals surface area (Å²) in [6.07, 6.45) is 2.19.